The Balaban J connectivity index is 2.83. The van der Waals surface area contributed by atoms with E-state index in [2.05, 4.69) is 41.2 Å². The smallest absolute Gasteiger partial charge is 0.128 e. The first-order chi connectivity index (χ1) is 9.72. The average molecular weight is 276 g/mol. The minimum atomic E-state index is 0.294. The van der Waals surface area contributed by atoms with Gasteiger partial charge in [0.1, 0.15) is 5.82 Å². The molecule has 0 spiro atoms. The summed E-state index contributed by atoms with van der Waals surface area (Å²) in [5.41, 5.74) is 1.20. The Hall–Kier alpha value is -1.64. The Kier molecular flexibility index (Phi) is 7.63. The lowest BCUT2D eigenvalue weighted by atomic mass is 10.1. The first kappa shape index (κ1) is 16.4. The fourth-order valence-corrected chi connectivity index (χ4v) is 2.03. The molecule has 1 aromatic rings. The van der Waals surface area contributed by atoms with Gasteiger partial charge in [0, 0.05) is 32.4 Å². The molecule has 0 saturated heterocycles. The van der Waals surface area contributed by atoms with Crippen LogP contribution in [0.4, 0.5) is 5.82 Å². The van der Waals surface area contributed by atoms with Crippen LogP contribution in [0.3, 0.4) is 0 Å². The van der Waals surface area contributed by atoms with E-state index in [0.717, 1.165) is 18.9 Å². The van der Waals surface area contributed by atoms with Crippen LogP contribution >= 0.6 is 0 Å². The quantitative estimate of drug-likeness (QED) is 0.748. The van der Waals surface area contributed by atoms with Crippen LogP contribution in [-0.2, 0) is 4.74 Å². The maximum atomic E-state index is 8.76. The molecule has 1 unspecified atom stereocenters. The fraction of sp³-hybridized carbons (Fsp3) is 0.600. The highest BCUT2D eigenvalue weighted by molar-refractivity contribution is 5.42. The Labute approximate surface area is 121 Å². The first-order valence-electron chi connectivity index (χ1n) is 7.03. The van der Waals surface area contributed by atoms with Crippen LogP contribution in [0.1, 0.15) is 31.9 Å². The molecule has 5 nitrogen and oxygen atoms in total. The van der Waals surface area contributed by atoms with Crippen LogP contribution in [0.5, 0.6) is 0 Å². The lowest BCUT2D eigenvalue weighted by molar-refractivity contribution is 0.205. The maximum Gasteiger partial charge on any atom is 0.128 e. The predicted octanol–water partition coefficient (Wildman–Crippen LogP) is 2.12. The Bertz CT molecular complexity index is 430. The van der Waals surface area contributed by atoms with Crippen LogP contribution in [-0.4, -0.2) is 38.3 Å². The third-order valence-corrected chi connectivity index (χ3v) is 3.16. The van der Waals surface area contributed by atoms with Gasteiger partial charge in [-0.05, 0) is 31.2 Å². The van der Waals surface area contributed by atoms with Gasteiger partial charge in [-0.2, -0.15) is 5.26 Å². The lowest BCUT2D eigenvalue weighted by Gasteiger charge is -2.23. The Morgan fingerprint density at radius 2 is 2.30 bits per heavy atom. The van der Waals surface area contributed by atoms with E-state index in [1.54, 1.807) is 7.11 Å². The summed E-state index contributed by atoms with van der Waals surface area (Å²) in [5.74, 6) is 0.902. The van der Waals surface area contributed by atoms with E-state index < -0.39 is 0 Å². The number of aromatic nitrogens is 1. The van der Waals surface area contributed by atoms with Gasteiger partial charge in [-0.15, -0.1) is 0 Å². The molecule has 0 aliphatic rings. The summed E-state index contributed by atoms with van der Waals surface area (Å²) in [4.78, 5) is 6.51. The number of hydrogen-bond acceptors (Lipinski definition) is 5. The van der Waals surface area contributed by atoms with E-state index in [-0.39, 0.29) is 0 Å². The van der Waals surface area contributed by atoms with Crippen molar-refractivity contribution < 1.29 is 4.74 Å². The lowest BCUT2D eigenvalue weighted by Crippen LogP contribution is -2.29. The van der Waals surface area contributed by atoms with Crippen LogP contribution in [0.25, 0.3) is 0 Å². The third kappa shape index (κ3) is 5.16. The Morgan fingerprint density at radius 1 is 1.50 bits per heavy atom. The highest BCUT2D eigenvalue weighted by Gasteiger charge is 2.10. The minimum absolute atomic E-state index is 0.294. The van der Waals surface area contributed by atoms with Crippen molar-refractivity contribution in [2.45, 2.75) is 26.3 Å². The number of ether oxygens (including phenoxy) is 1. The molecule has 1 N–H and O–H groups in total. The number of rotatable bonds is 9. The SMILES string of the molecule is CCNC(C)c1ccnc(N(CCC#N)CCOC)c1. The standard InChI is InChI=1S/C15H24N4O/c1-4-17-13(2)14-6-8-18-15(12-14)19(9-5-7-16)10-11-20-3/h6,8,12-13,17H,4-5,9-11H2,1-3H3. The molecule has 1 rings (SSSR count). The van der Waals surface area contributed by atoms with Crippen molar-refractivity contribution in [2.24, 2.45) is 0 Å². The number of pyridine rings is 1. The molecule has 1 atom stereocenters. The maximum absolute atomic E-state index is 8.76. The van der Waals surface area contributed by atoms with Gasteiger partial charge in [0.15, 0.2) is 0 Å². The molecule has 110 valence electrons. The number of anilines is 1. The van der Waals surface area contributed by atoms with E-state index in [9.17, 15) is 0 Å². The van der Waals surface area contributed by atoms with E-state index in [1.165, 1.54) is 5.56 Å². The van der Waals surface area contributed by atoms with Gasteiger partial charge < -0.3 is 15.0 Å². The summed E-state index contributed by atoms with van der Waals surface area (Å²) in [6, 6.07) is 6.58. The second kappa shape index (κ2) is 9.29. The van der Waals surface area contributed by atoms with Gasteiger partial charge in [-0.3, -0.25) is 0 Å². The highest BCUT2D eigenvalue weighted by Crippen LogP contribution is 2.18. The molecule has 0 radical (unpaired) electrons. The average Bonchev–Trinajstić information content (AvgIpc) is 2.48. The Morgan fingerprint density at radius 3 is 2.95 bits per heavy atom. The van der Waals surface area contributed by atoms with Crippen molar-refractivity contribution in [1.82, 2.24) is 10.3 Å². The largest absolute Gasteiger partial charge is 0.383 e. The molecule has 5 heteroatoms. The number of nitrogens with zero attached hydrogens (tertiary/aromatic N) is 3. The molecular formula is C15H24N4O. The molecule has 0 bridgehead atoms. The van der Waals surface area contributed by atoms with Crippen molar-refractivity contribution in [3.63, 3.8) is 0 Å². The molecule has 1 aromatic heterocycles. The molecule has 0 aromatic carbocycles. The van der Waals surface area contributed by atoms with Gasteiger partial charge in [0.2, 0.25) is 0 Å². The van der Waals surface area contributed by atoms with Crippen molar-refractivity contribution in [2.75, 3.05) is 38.3 Å². The molecule has 0 amide bonds. The summed E-state index contributed by atoms with van der Waals surface area (Å²) < 4.78 is 5.13. The van der Waals surface area contributed by atoms with Crippen LogP contribution in [0, 0.1) is 11.3 Å². The van der Waals surface area contributed by atoms with Crippen molar-refractivity contribution in [3.05, 3.63) is 23.9 Å². The number of nitrogens with one attached hydrogen (secondary N) is 1. The van der Waals surface area contributed by atoms with Crippen molar-refractivity contribution >= 4 is 5.82 Å². The summed E-state index contributed by atoms with van der Waals surface area (Å²) in [5, 5.41) is 12.2. The van der Waals surface area contributed by atoms with Gasteiger partial charge in [-0.1, -0.05) is 6.92 Å². The zero-order valence-electron chi connectivity index (χ0n) is 12.6. The van der Waals surface area contributed by atoms with E-state index >= 15 is 0 Å². The molecular weight excluding hydrogens is 252 g/mol. The normalized spacial score (nSPS) is 11.9. The van der Waals surface area contributed by atoms with Crippen molar-refractivity contribution in [1.29, 1.82) is 5.26 Å². The minimum Gasteiger partial charge on any atom is -0.383 e. The van der Waals surface area contributed by atoms with Crippen LogP contribution in [0.15, 0.2) is 18.3 Å². The monoisotopic (exact) mass is 276 g/mol. The highest BCUT2D eigenvalue weighted by atomic mass is 16.5. The molecule has 0 saturated carbocycles. The van der Waals surface area contributed by atoms with E-state index in [4.69, 9.17) is 10.00 Å². The molecule has 0 aliphatic carbocycles. The number of methoxy groups -OCH3 is 1. The first-order valence-corrected chi connectivity index (χ1v) is 7.03. The number of hydrogen-bond donors (Lipinski definition) is 1. The zero-order valence-corrected chi connectivity index (χ0v) is 12.6. The van der Waals surface area contributed by atoms with Gasteiger partial charge in [0.25, 0.3) is 0 Å². The fourth-order valence-electron chi connectivity index (χ4n) is 2.03. The predicted molar refractivity (Wildman–Crippen MR) is 80.6 cm³/mol. The zero-order chi connectivity index (χ0) is 14.8. The summed E-state index contributed by atoms with van der Waals surface area (Å²) in [6.45, 7) is 7.20. The number of nitriles is 1. The van der Waals surface area contributed by atoms with Gasteiger partial charge in [-0.25, -0.2) is 4.98 Å². The van der Waals surface area contributed by atoms with Crippen LogP contribution < -0.4 is 10.2 Å². The summed E-state index contributed by atoms with van der Waals surface area (Å²) in [7, 11) is 1.68. The summed E-state index contributed by atoms with van der Waals surface area (Å²) >= 11 is 0. The molecule has 20 heavy (non-hydrogen) atoms. The topological polar surface area (TPSA) is 61.2 Å². The summed E-state index contributed by atoms with van der Waals surface area (Å²) in [6.07, 6.45) is 2.31. The van der Waals surface area contributed by atoms with E-state index in [1.807, 2.05) is 12.3 Å². The second-order valence-electron chi connectivity index (χ2n) is 4.61. The molecule has 0 aliphatic heterocycles. The van der Waals surface area contributed by atoms with Gasteiger partial charge >= 0.3 is 0 Å². The van der Waals surface area contributed by atoms with Gasteiger partial charge in [0.05, 0.1) is 19.1 Å². The second-order valence-corrected chi connectivity index (χ2v) is 4.61. The van der Waals surface area contributed by atoms with E-state index in [0.29, 0.717) is 25.6 Å². The molecule has 0 fully saturated rings. The van der Waals surface area contributed by atoms with Crippen molar-refractivity contribution in [3.8, 4) is 6.07 Å². The third-order valence-electron chi connectivity index (χ3n) is 3.16. The van der Waals surface area contributed by atoms with Crippen LogP contribution in [0.2, 0.25) is 0 Å². The molecule has 1 heterocycles.